The van der Waals surface area contributed by atoms with Crippen molar-refractivity contribution >= 4 is 40.0 Å². The summed E-state index contributed by atoms with van der Waals surface area (Å²) < 4.78 is 7.34. The predicted octanol–water partition coefficient (Wildman–Crippen LogP) is 4.78. The second-order valence-corrected chi connectivity index (χ2v) is 9.33. The molecule has 32 heavy (non-hydrogen) atoms. The number of carbonyl (C=O) groups excluding carboxylic acids is 2. The summed E-state index contributed by atoms with van der Waals surface area (Å²) in [5.41, 5.74) is 0.908. The van der Waals surface area contributed by atoms with Crippen LogP contribution < -0.4 is 15.0 Å². The fraction of sp³-hybridized carbons (Fsp3) is 0.360. The highest BCUT2D eigenvalue weighted by Gasteiger charge is 2.49. The lowest BCUT2D eigenvalue weighted by Crippen LogP contribution is -2.65. The van der Waals surface area contributed by atoms with Crippen molar-refractivity contribution in [3.05, 3.63) is 59.2 Å². The van der Waals surface area contributed by atoms with Gasteiger partial charge in [0.05, 0.1) is 19.2 Å². The third kappa shape index (κ3) is 3.34. The zero-order valence-electron chi connectivity index (χ0n) is 18.2. The first-order chi connectivity index (χ1) is 15.4. The van der Waals surface area contributed by atoms with Crippen molar-refractivity contribution in [2.24, 2.45) is 0 Å². The quantitative estimate of drug-likeness (QED) is 0.620. The minimum Gasteiger partial charge on any atom is -0.497 e. The van der Waals surface area contributed by atoms with Crippen LogP contribution in [0, 0.1) is 0 Å². The molecule has 1 fully saturated rings. The number of aromatic nitrogens is 1. The molecule has 0 spiro atoms. The Morgan fingerprint density at radius 3 is 2.66 bits per heavy atom. The molecule has 0 saturated heterocycles. The van der Waals surface area contributed by atoms with Crippen molar-refractivity contribution in [2.45, 2.75) is 50.7 Å². The van der Waals surface area contributed by atoms with Crippen LogP contribution in [-0.4, -0.2) is 35.1 Å². The maximum absolute atomic E-state index is 13.9. The Balaban J connectivity index is 1.65. The monoisotopic (exact) mass is 451 g/mol. The van der Waals surface area contributed by atoms with Crippen molar-refractivity contribution in [3.63, 3.8) is 0 Å². The Morgan fingerprint density at radius 2 is 1.94 bits per heavy atom. The first kappa shape index (κ1) is 20.9. The van der Waals surface area contributed by atoms with E-state index in [1.165, 1.54) is 0 Å². The molecular weight excluding hydrogens is 426 g/mol. The molecule has 3 aromatic rings. The molecule has 166 valence electrons. The summed E-state index contributed by atoms with van der Waals surface area (Å²) in [7, 11) is 1.62. The summed E-state index contributed by atoms with van der Waals surface area (Å²) in [6, 6.07) is 14.9. The highest BCUT2D eigenvalue weighted by molar-refractivity contribution is 6.31. The van der Waals surface area contributed by atoms with Crippen LogP contribution >= 0.6 is 11.6 Å². The van der Waals surface area contributed by atoms with Crippen molar-refractivity contribution in [1.29, 1.82) is 0 Å². The number of hydrogen-bond donors (Lipinski definition) is 1. The van der Waals surface area contributed by atoms with Gasteiger partial charge in [0.1, 0.15) is 17.0 Å². The van der Waals surface area contributed by atoms with E-state index in [1.807, 2.05) is 41.8 Å². The predicted molar refractivity (Wildman–Crippen MR) is 126 cm³/mol. The molecule has 2 aromatic carbocycles. The molecule has 5 rings (SSSR count). The number of anilines is 1. The van der Waals surface area contributed by atoms with Crippen LogP contribution in [0.15, 0.2) is 48.5 Å². The highest BCUT2D eigenvalue weighted by Crippen LogP contribution is 2.37. The van der Waals surface area contributed by atoms with Gasteiger partial charge in [-0.2, -0.15) is 0 Å². The van der Waals surface area contributed by atoms with Gasteiger partial charge in [0.25, 0.3) is 5.91 Å². The summed E-state index contributed by atoms with van der Waals surface area (Å²) in [5.74, 6) is 0.339. The van der Waals surface area contributed by atoms with Crippen LogP contribution in [0.4, 0.5) is 5.69 Å². The molecule has 2 heterocycles. The topological polar surface area (TPSA) is 63.6 Å². The fourth-order valence-electron chi connectivity index (χ4n) is 5.03. The van der Waals surface area contributed by atoms with Crippen molar-refractivity contribution in [1.82, 2.24) is 9.88 Å². The van der Waals surface area contributed by atoms with Crippen LogP contribution in [0.1, 0.15) is 43.1 Å². The lowest BCUT2D eigenvalue weighted by Gasteiger charge is -2.44. The Bertz CT molecular complexity index is 1210. The van der Waals surface area contributed by atoms with Crippen molar-refractivity contribution < 1.29 is 14.3 Å². The van der Waals surface area contributed by atoms with E-state index in [2.05, 4.69) is 5.32 Å². The molecule has 1 atom stereocenters. The van der Waals surface area contributed by atoms with E-state index in [1.54, 1.807) is 30.2 Å². The summed E-state index contributed by atoms with van der Waals surface area (Å²) in [5, 5.41) is 4.66. The normalized spacial score (nSPS) is 21.1. The Labute approximate surface area is 192 Å². The Kier molecular flexibility index (Phi) is 5.13. The number of nitrogens with zero attached hydrogens (tertiary/aromatic N) is 2. The highest BCUT2D eigenvalue weighted by atomic mass is 35.5. The molecule has 6 nitrogen and oxygen atoms in total. The number of benzene rings is 2. The average Bonchev–Trinajstić information content (AvgIpc) is 3.41. The Hall–Kier alpha value is -2.99. The van der Waals surface area contributed by atoms with Crippen LogP contribution in [-0.2, 0) is 11.3 Å². The van der Waals surface area contributed by atoms with E-state index < -0.39 is 5.54 Å². The summed E-state index contributed by atoms with van der Waals surface area (Å²) in [6.07, 6.45) is 4.18. The van der Waals surface area contributed by atoms with Gasteiger partial charge >= 0.3 is 0 Å². The third-order valence-electron chi connectivity index (χ3n) is 6.74. The number of hydrogen-bond acceptors (Lipinski definition) is 3. The van der Waals surface area contributed by atoms with E-state index in [4.69, 9.17) is 16.3 Å². The summed E-state index contributed by atoms with van der Waals surface area (Å²) in [6.45, 7) is 2.17. The first-order valence-corrected chi connectivity index (χ1v) is 11.4. The van der Waals surface area contributed by atoms with Gasteiger partial charge in [0, 0.05) is 28.2 Å². The van der Waals surface area contributed by atoms with Crippen LogP contribution in [0.5, 0.6) is 5.75 Å². The number of ether oxygens (including phenoxy) is 1. The summed E-state index contributed by atoms with van der Waals surface area (Å²) in [4.78, 5) is 29.2. The van der Waals surface area contributed by atoms with E-state index in [9.17, 15) is 9.59 Å². The second kappa shape index (κ2) is 7.85. The molecule has 2 amide bonds. The Morgan fingerprint density at radius 1 is 1.16 bits per heavy atom. The van der Waals surface area contributed by atoms with Gasteiger partial charge < -0.3 is 14.6 Å². The standard InChI is InChI=1S/C25H26ClN3O3/c1-25(24(31)27-18-7-3-4-8-18)15-28-21-14-20(32-2)11-10-16(21)12-22(28)23(30)29(25)19-9-5-6-17(26)13-19/h5-6,9-14,18H,3-4,7-8,15H2,1-2H3,(H,27,31)/t25-/m1/s1. The van der Waals surface area contributed by atoms with Crippen LogP contribution in [0.25, 0.3) is 10.9 Å². The molecule has 0 unspecified atom stereocenters. The molecule has 1 aromatic heterocycles. The van der Waals surface area contributed by atoms with Gasteiger partial charge in [-0.1, -0.05) is 30.5 Å². The maximum Gasteiger partial charge on any atom is 0.275 e. The van der Waals surface area contributed by atoms with Gasteiger partial charge in [-0.3, -0.25) is 14.5 Å². The number of amides is 2. The summed E-state index contributed by atoms with van der Waals surface area (Å²) >= 11 is 6.26. The lowest BCUT2D eigenvalue weighted by atomic mass is 9.93. The van der Waals surface area contributed by atoms with Gasteiger partial charge in [-0.25, -0.2) is 0 Å². The lowest BCUT2D eigenvalue weighted by molar-refractivity contribution is -0.127. The zero-order chi connectivity index (χ0) is 22.5. The molecule has 0 bridgehead atoms. The van der Waals surface area contributed by atoms with Gasteiger partial charge in [-0.05, 0) is 56.2 Å². The molecule has 1 N–H and O–H groups in total. The molecular formula is C25H26ClN3O3. The van der Waals surface area contributed by atoms with Gasteiger partial charge in [0.2, 0.25) is 5.91 Å². The molecule has 1 aliphatic heterocycles. The maximum atomic E-state index is 13.9. The number of rotatable bonds is 4. The molecule has 1 aliphatic carbocycles. The van der Waals surface area contributed by atoms with Crippen LogP contribution in [0.3, 0.4) is 0 Å². The smallest absolute Gasteiger partial charge is 0.275 e. The van der Waals surface area contributed by atoms with Gasteiger partial charge in [-0.15, -0.1) is 0 Å². The number of fused-ring (bicyclic) bond motifs is 3. The second-order valence-electron chi connectivity index (χ2n) is 8.89. The minimum atomic E-state index is -1.12. The van der Waals surface area contributed by atoms with E-state index in [0.29, 0.717) is 28.7 Å². The van der Waals surface area contributed by atoms with Crippen molar-refractivity contribution in [2.75, 3.05) is 12.0 Å². The van der Waals surface area contributed by atoms with Crippen molar-refractivity contribution in [3.8, 4) is 5.75 Å². The largest absolute Gasteiger partial charge is 0.497 e. The van der Waals surface area contributed by atoms with E-state index >= 15 is 0 Å². The van der Waals surface area contributed by atoms with E-state index in [0.717, 1.165) is 36.6 Å². The molecule has 2 aliphatic rings. The minimum absolute atomic E-state index is 0.145. The fourth-order valence-corrected chi connectivity index (χ4v) is 5.21. The number of nitrogens with one attached hydrogen (secondary N) is 1. The van der Waals surface area contributed by atoms with Gasteiger partial charge in [0.15, 0.2) is 0 Å². The number of carbonyl (C=O) groups is 2. The first-order valence-electron chi connectivity index (χ1n) is 11.0. The zero-order valence-corrected chi connectivity index (χ0v) is 19.0. The number of methoxy groups -OCH3 is 1. The SMILES string of the molecule is COc1ccc2cc3n(c2c1)C[C@](C)(C(=O)NC1CCCC1)N(c1cccc(Cl)c1)C3=O. The van der Waals surface area contributed by atoms with Crippen LogP contribution in [0.2, 0.25) is 5.02 Å². The molecule has 1 saturated carbocycles. The molecule has 7 heteroatoms. The van der Waals surface area contributed by atoms with E-state index in [-0.39, 0.29) is 17.9 Å². The third-order valence-corrected chi connectivity index (χ3v) is 6.97. The average molecular weight is 452 g/mol. The molecule has 0 radical (unpaired) electrons. The number of halogens is 1.